The molecule has 0 aliphatic heterocycles. The Morgan fingerprint density at radius 3 is 2.60 bits per heavy atom. The van der Waals surface area contributed by atoms with Gasteiger partial charge in [-0.15, -0.1) is 0 Å². The molecule has 0 spiro atoms. The number of aromatic nitrogens is 1. The van der Waals surface area contributed by atoms with Crippen LogP contribution in [0.5, 0.6) is 5.75 Å². The maximum atomic E-state index is 12.5. The molecule has 0 atom stereocenters. The Labute approximate surface area is 174 Å². The first kappa shape index (κ1) is 21.1. The van der Waals surface area contributed by atoms with Gasteiger partial charge in [0.2, 0.25) is 0 Å². The summed E-state index contributed by atoms with van der Waals surface area (Å²) >= 11 is 0. The molecule has 2 heterocycles. The zero-order valence-corrected chi connectivity index (χ0v) is 16.5. The van der Waals surface area contributed by atoms with E-state index in [0.29, 0.717) is 30.0 Å². The van der Waals surface area contributed by atoms with Crippen molar-refractivity contribution in [1.29, 1.82) is 0 Å². The molecular formula is C23H24N2O5. The molecule has 7 heteroatoms. The number of amides is 1. The minimum atomic E-state index is -0.781. The lowest BCUT2D eigenvalue weighted by Crippen LogP contribution is -2.23. The molecule has 2 aromatic heterocycles. The summed E-state index contributed by atoms with van der Waals surface area (Å²) in [5.41, 5.74) is 2.09. The SMILES string of the molecule is O=C(O)CCCCCOc1cccnc1CNC(=O)c1ccc(-c2ccco2)cc1. The topological polar surface area (TPSA) is 102 Å². The number of furan rings is 1. The van der Waals surface area contributed by atoms with Gasteiger partial charge in [-0.05, 0) is 55.7 Å². The van der Waals surface area contributed by atoms with Gasteiger partial charge in [-0.2, -0.15) is 0 Å². The van der Waals surface area contributed by atoms with Crippen LogP contribution in [0.25, 0.3) is 11.3 Å². The van der Waals surface area contributed by atoms with Gasteiger partial charge in [-0.3, -0.25) is 14.6 Å². The molecule has 2 N–H and O–H groups in total. The van der Waals surface area contributed by atoms with Crippen LogP contribution in [0.3, 0.4) is 0 Å². The fraction of sp³-hybridized carbons (Fsp3) is 0.261. The number of hydrogen-bond acceptors (Lipinski definition) is 5. The number of benzene rings is 1. The van der Waals surface area contributed by atoms with E-state index in [4.69, 9.17) is 14.3 Å². The Kier molecular flexibility index (Phi) is 7.60. The summed E-state index contributed by atoms with van der Waals surface area (Å²) < 4.78 is 11.1. The van der Waals surface area contributed by atoms with Gasteiger partial charge in [0, 0.05) is 23.7 Å². The van der Waals surface area contributed by atoms with Crippen LogP contribution in [0.4, 0.5) is 0 Å². The van der Waals surface area contributed by atoms with Crippen molar-refractivity contribution >= 4 is 11.9 Å². The lowest BCUT2D eigenvalue weighted by atomic mass is 10.1. The average Bonchev–Trinajstić information content (AvgIpc) is 3.30. The number of carbonyl (C=O) groups excluding carboxylic acids is 1. The molecule has 3 aromatic rings. The van der Waals surface area contributed by atoms with Gasteiger partial charge >= 0.3 is 5.97 Å². The molecule has 30 heavy (non-hydrogen) atoms. The second-order valence-electron chi connectivity index (χ2n) is 6.74. The number of ether oxygens (including phenoxy) is 1. The van der Waals surface area contributed by atoms with Crippen molar-refractivity contribution in [3.63, 3.8) is 0 Å². The van der Waals surface area contributed by atoms with E-state index >= 15 is 0 Å². The molecule has 7 nitrogen and oxygen atoms in total. The fourth-order valence-corrected chi connectivity index (χ4v) is 2.92. The number of unbranched alkanes of at least 4 members (excludes halogenated alkanes) is 2. The smallest absolute Gasteiger partial charge is 0.303 e. The highest BCUT2D eigenvalue weighted by atomic mass is 16.5. The predicted molar refractivity (Wildman–Crippen MR) is 111 cm³/mol. The van der Waals surface area contributed by atoms with Crippen molar-refractivity contribution in [2.24, 2.45) is 0 Å². The van der Waals surface area contributed by atoms with Crippen LogP contribution in [-0.4, -0.2) is 28.6 Å². The molecular weight excluding hydrogens is 384 g/mol. The van der Waals surface area contributed by atoms with Crippen molar-refractivity contribution in [2.45, 2.75) is 32.2 Å². The molecule has 0 aliphatic carbocycles. The van der Waals surface area contributed by atoms with Crippen LogP contribution in [0.15, 0.2) is 65.4 Å². The van der Waals surface area contributed by atoms with Crippen LogP contribution in [0.1, 0.15) is 41.7 Å². The molecule has 1 amide bonds. The molecule has 1 aromatic carbocycles. The summed E-state index contributed by atoms with van der Waals surface area (Å²) in [4.78, 5) is 27.3. The number of pyridine rings is 1. The first-order valence-corrected chi connectivity index (χ1v) is 9.84. The number of hydrogen-bond donors (Lipinski definition) is 2. The summed E-state index contributed by atoms with van der Waals surface area (Å²) in [6.45, 7) is 0.717. The quantitative estimate of drug-likeness (QED) is 0.459. The van der Waals surface area contributed by atoms with Crippen LogP contribution < -0.4 is 10.1 Å². The van der Waals surface area contributed by atoms with Crippen molar-refractivity contribution in [3.8, 4) is 17.1 Å². The van der Waals surface area contributed by atoms with Gasteiger partial charge in [0.1, 0.15) is 17.2 Å². The third kappa shape index (κ3) is 6.20. The van der Waals surface area contributed by atoms with Gasteiger partial charge in [-0.1, -0.05) is 12.1 Å². The fourth-order valence-electron chi connectivity index (χ4n) is 2.92. The van der Waals surface area contributed by atoms with E-state index in [0.717, 1.165) is 24.2 Å². The number of aliphatic carboxylic acids is 1. The highest BCUT2D eigenvalue weighted by molar-refractivity contribution is 5.94. The van der Waals surface area contributed by atoms with E-state index in [1.165, 1.54) is 0 Å². The molecule has 0 saturated carbocycles. The summed E-state index contributed by atoms with van der Waals surface area (Å²) in [7, 11) is 0. The molecule has 3 rings (SSSR count). The minimum Gasteiger partial charge on any atom is -0.492 e. The standard InChI is InChI=1S/C23H24N2O5/c26-22(27)8-2-1-3-14-30-21-6-4-13-24-19(21)16-25-23(28)18-11-9-17(10-12-18)20-7-5-15-29-20/h4-7,9-13,15H,1-3,8,14,16H2,(H,25,28)(H,26,27). The second-order valence-corrected chi connectivity index (χ2v) is 6.74. The van der Waals surface area contributed by atoms with Crippen molar-refractivity contribution in [3.05, 3.63) is 72.2 Å². The van der Waals surface area contributed by atoms with Gasteiger partial charge in [0.15, 0.2) is 0 Å². The van der Waals surface area contributed by atoms with Gasteiger partial charge in [0.25, 0.3) is 5.91 Å². The van der Waals surface area contributed by atoms with E-state index in [9.17, 15) is 9.59 Å². The lowest BCUT2D eigenvalue weighted by Gasteiger charge is -2.11. The van der Waals surface area contributed by atoms with E-state index in [1.54, 1.807) is 30.7 Å². The number of carbonyl (C=O) groups is 2. The van der Waals surface area contributed by atoms with Gasteiger partial charge in [-0.25, -0.2) is 0 Å². The maximum absolute atomic E-state index is 12.5. The van der Waals surface area contributed by atoms with Gasteiger partial charge in [0.05, 0.1) is 19.4 Å². The first-order valence-electron chi connectivity index (χ1n) is 9.84. The third-order valence-corrected chi connectivity index (χ3v) is 4.51. The van der Waals surface area contributed by atoms with Crippen LogP contribution in [0.2, 0.25) is 0 Å². The molecule has 0 aliphatic rings. The van der Waals surface area contributed by atoms with Crippen molar-refractivity contribution in [2.75, 3.05) is 6.61 Å². The Morgan fingerprint density at radius 1 is 1.03 bits per heavy atom. The second kappa shape index (κ2) is 10.8. The molecule has 0 unspecified atom stereocenters. The Bertz CT molecular complexity index is 952. The Balaban J connectivity index is 1.49. The van der Waals surface area contributed by atoms with E-state index in [1.807, 2.05) is 30.3 Å². The average molecular weight is 408 g/mol. The highest BCUT2D eigenvalue weighted by Gasteiger charge is 2.10. The number of nitrogens with one attached hydrogen (secondary N) is 1. The monoisotopic (exact) mass is 408 g/mol. The van der Waals surface area contributed by atoms with E-state index in [-0.39, 0.29) is 18.9 Å². The molecule has 156 valence electrons. The summed E-state index contributed by atoms with van der Waals surface area (Å²) in [5.74, 6) is 0.382. The zero-order chi connectivity index (χ0) is 21.2. The largest absolute Gasteiger partial charge is 0.492 e. The molecule has 0 radical (unpaired) electrons. The number of carboxylic acids is 1. The summed E-state index contributed by atoms with van der Waals surface area (Å²) in [6, 6.07) is 14.5. The van der Waals surface area contributed by atoms with Crippen molar-refractivity contribution < 1.29 is 23.8 Å². The normalized spacial score (nSPS) is 10.5. The zero-order valence-electron chi connectivity index (χ0n) is 16.5. The predicted octanol–water partition coefficient (Wildman–Crippen LogP) is 4.30. The van der Waals surface area contributed by atoms with Crippen molar-refractivity contribution in [1.82, 2.24) is 10.3 Å². The maximum Gasteiger partial charge on any atom is 0.303 e. The van der Waals surface area contributed by atoms with Crippen LogP contribution in [-0.2, 0) is 11.3 Å². The van der Waals surface area contributed by atoms with E-state index in [2.05, 4.69) is 10.3 Å². The molecule has 0 fully saturated rings. The third-order valence-electron chi connectivity index (χ3n) is 4.51. The van der Waals surface area contributed by atoms with E-state index < -0.39 is 5.97 Å². The number of carboxylic acid groups (broad SMARTS) is 1. The summed E-state index contributed by atoms with van der Waals surface area (Å²) in [6.07, 6.45) is 5.61. The first-order chi connectivity index (χ1) is 14.6. The lowest BCUT2D eigenvalue weighted by molar-refractivity contribution is -0.137. The molecule has 0 saturated heterocycles. The Hall–Kier alpha value is -3.61. The Morgan fingerprint density at radius 2 is 1.87 bits per heavy atom. The highest BCUT2D eigenvalue weighted by Crippen LogP contribution is 2.20. The molecule has 0 bridgehead atoms. The van der Waals surface area contributed by atoms with Gasteiger partial charge < -0.3 is 19.6 Å². The summed E-state index contributed by atoms with van der Waals surface area (Å²) in [5, 5.41) is 11.5. The van der Waals surface area contributed by atoms with Crippen LogP contribution >= 0.6 is 0 Å². The number of nitrogens with zero attached hydrogens (tertiary/aromatic N) is 1. The number of rotatable bonds is 11. The minimum absolute atomic E-state index is 0.173. The van der Waals surface area contributed by atoms with Crippen LogP contribution in [0, 0.1) is 0 Å².